The average molecular weight is 308 g/mol. The molecule has 3 N–H and O–H groups in total. The van der Waals surface area contributed by atoms with Gasteiger partial charge in [-0.2, -0.15) is 10.3 Å². The van der Waals surface area contributed by atoms with Crippen LogP contribution in [0, 0.1) is 16.7 Å². The predicted octanol–water partition coefficient (Wildman–Crippen LogP) is 1.41. The summed E-state index contributed by atoms with van der Waals surface area (Å²) in [6.45, 7) is 1.69. The Labute approximate surface area is 133 Å². The van der Waals surface area contributed by atoms with Crippen LogP contribution in [0.5, 0.6) is 0 Å². The van der Waals surface area contributed by atoms with Crippen molar-refractivity contribution in [1.29, 1.82) is 10.7 Å². The van der Waals surface area contributed by atoms with E-state index in [2.05, 4.69) is 21.7 Å². The molecule has 0 aromatic heterocycles. The quantitative estimate of drug-likeness (QED) is 0.718. The monoisotopic (exact) mass is 308 g/mol. The first kappa shape index (κ1) is 14.8. The van der Waals surface area contributed by atoms with Gasteiger partial charge in [-0.3, -0.25) is 15.5 Å². The molecule has 1 amide bonds. The number of aliphatic imine (C=N–C) groups is 1. The number of hydrogen-bond donors (Lipinski definition) is 3. The third-order valence-corrected chi connectivity index (χ3v) is 3.77. The Morgan fingerprint density at radius 3 is 2.78 bits per heavy atom. The van der Waals surface area contributed by atoms with Crippen molar-refractivity contribution >= 4 is 23.4 Å². The lowest BCUT2D eigenvalue weighted by Gasteiger charge is -2.24. The van der Waals surface area contributed by atoms with Gasteiger partial charge >= 0.3 is 0 Å². The minimum atomic E-state index is -0.367. The minimum Gasteiger partial charge on any atom is -0.360 e. The first-order valence-electron chi connectivity index (χ1n) is 7.39. The molecule has 0 aliphatic carbocycles. The number of benzene rings is 1. The molecule has 0 saturated carbocycles. The molecule has 0 atom stereocenters. The number of rotatable bonds is 2. The van der Waals surface area contributed by atoms with Crippen molar-refractivity contribution < 1.29 is 4.79 Å². The van der Waals surface area contributed by atoms with Crippen molar-refractivity contribution in [3.8, 4) is 6.07 Å². The second-order valence-corrected chi connectivity index (χ2v) is 5.29. The molecule has 1 aromatic carbocycles. The largest absolute Gasteiger partial charge is 0.360 e. The standard InChI is InChI=1S/C16H16N6O/c17-9-11-5-1-2-6-13(11)19-10-12-14(18)20-16(21-15(12)23)22-7-3-4-8-22/h1-2,5-6,10,19H,3-4,7-8H2,(H2,18,20,21,23)/b12-10+. The Morgan fingerprint density at radius 1 is 1.35 bits per heavy atom. The summed E-state index contributed by atoms with van der Waals surface area (Å²) in [5.74, 6) is -0.00139. The molecular weight excluding hydrogens is 292 g/mol. The Morgan fingerprint density at radius 2 is 2.09 bits per heavy atom. The van der Waals surface area contributed by atoms with Crippen LogP contribution in [0.3, 0.4) is 0 Å². The summed E-state index contributed by atoms with van der Waals surface area (Å²) in [5, 5.41) is 22.7. The van der Waals surface area contributed by atoms with Gasteiger partial charge in [-0.1, -0.05) is 12.1 Å². The number of carbonyl (C=O) groups is 1. The molecular formula is C16H16N6O. The predicted molar refractivity (Wildman–Crippen MR) is 87.0 cm³/mol. The molecule has 0 spiro atoms. The highest BCUT2D eigenvalue weighted by Crippen LogP contribution is 2.16. The number of nitrogens with one attached hydrogen (secondary N) is 3. The van der Waals surface area contributed by atoms with Crippen molar-refractivity contribution in [2.24, 2.45) is 4.99 Å². The molecule has 0 bridgehead atoms. The topological polar surface area (TPSA) is 104 Å². The van der Waals surface area contributed by atoms with Crippen LogP contribution < -0.4 is 10.6 Å². The molecule has 2 aliphatic rings. The van der Waals surface area contributed by atoms with Crippen LogP contribution >= 0.6 is 0 Å². The summed E-state index contributed by atoms with van der Waals surface area (Å²) in [6.07, 6.45) is 3.55. The van der Waals surface area contributed by atoms with Crippen LogP contribution in [0.15, 0.2) is 41.0 Å². The van der Waals surface area contributed by atoms with Gasteiger partial charge in [0.25, 0.3) is 5.91 Å². The summed E-state index contributed by atoms with van der Waals surface area (Å²) in [7, 11) is 0. The Balaban J connectivity index is 1.79. The fourth-order valence-corrected chi connectivity index (χ4v) is 2.54. The van der Waals surface area contributed by atoms with Crippen LogP contribution in [0.2, 0.25) is 0 Å². The average Bonchev–Trinajstić information content (AvgIpc) is 3.08. The van der Waals surface area contributed by atoms with Gasteiger partial charge in [-0.25, -0.2) is 0 Å². The van der Waals surface area contributed by atoms with E-state index < -0.39 is 0 Å². The molecule has 0 unspecified atom stereocenters. The van der Waals surface area contributed by atoms with Crippen molar-refractivity contribution in [2.45, 2.75) is 12.8 Å². The van der Waals surface area contributed by atoms with E-state index in [-0.39, 0.29) is 17.3 Å². The van der Waals surface area contributed by atoms with E-state index in [1.165, 1.54) is 6.20 Å². The molecule has 1 saturated heterocycles. The van der Waals surface area contributed by atoms with Gasteiger partial charge < -0.3 is 10.2 Å². The van der Waals surface area contributed by atoms with E-state index in [4.69, 9.17) is 10.7 Å². The molecule has 7 heteroatoms. The van der Waals surface area contributed by atoms with Crippen molar-refractivity contribution in [3.63, 3.8) is 0 Å². The lowest BCUT2D eigenvalue weighted by Crippen LogP contribution is -2.47. The van der Waals surface area contributed by atoms with Crippen LogP contribution in [0.4, 0.5) is 5.69 Å². The van der Waals surface area contributed by atoms with Crippen molar-refractivity contribution in [2.75, 3.05) is 18.4 Å². The van der Waals surface area contributed by atoms with E-state index in [0.717, 1.165) is 25.9 Å². The Hall–Kier alpha value is -3.14. The Kier molecular flexibility index (Phi) is 4.06. The number of carbonyl (C=O) groups excluding carboxylic acids is 1. The summed E-state index contributed by atoms with van der Waals surface area (Å²) < 4.78 is 0. The summed E-state index contributed by atoms with van der Waals surface area (Å²) in [4.78, 5) is 18.4. The van der Waals surface area contributed by atoms with Gasteiger partial charge in [0.15, 0.2) is 5.84 Å². The lowest BCUT2D eigenvalue weighted by molar-refractivity contribution is -0.115. The third kappa shape index (κ3) is 3.06. The number of amidine groups is 1. The first-order valence-corrected chi connectivity index (χ1v) is 7.39. The fourth-order valence-electron chi connectivity index (χ4n) is 2.54. The lowest BCUT2D eigenvalue weighted by atomic mass is 10.2. The first-order chi connectivity index (χ1) is 11.2. The number of nitriles is 1. The normalized spacial score (nSPS) is 19.3. The number of hydrogen-bond acceptors (Lipinski definition) is 5. The molecule has 23 heavy (non-hydrogen) atoms. The highest BCUT2D eigenvalue weighted by Gasteiger charge is 2.27. The van der Waals surface area contributed by atoms with Crippen LogP contribution in [-0.2, 0) is 4.79 Å². The number of anilines is 1. The van der Waals surface area contributed by atoms with Crippen LogP contribution in [-0.4, -0.2) is 35.7 Å². The zero-order chi connectivity index (χ0) is 16.2. The molecule has 116 valence electrons. The van der Waals surface area contributed by atoms with E-state index in [9.17, 15) is 4.79 Å². The maximum Gasteiger partial charge on any atom is 0.263 e. The number of amides is 1. The summed E-state index contributed by atoms with van der Waals surface area (Å²) in [5.41, 5.74) is 1.19. The maximum absolute atomic E-state index is 12.2. The highest BCUT2D eigenvalue weighted by atomic mass is 16.2. The van der Waals surface area contributed by atoms with Gasteiger partial charge in [0.05, 0.1) is 16.8 Å². The molecule has 1 aromatic rings. The number of likely N-dealkylation sites (tertiary alicyclic amines) is 1. The summed E-state index contributed by atoms with van der Waals surface area (Å²) >= 11 is 0. The van der Waals surface area contributed by atoms with Crippen molar-refractivity contribution in [3.05, 3.63) is 41.6 Å². The highest BCUT2D eigenvalue weighted by molar-refractivity contribution is 6.28. The van der Waals surface area contributed by atoms with Crippen molar-refractivity contribution in [1.82, 2.24) is 10.2 Å². The number of guanidine groups is 1. The molecule has 7 nitrogen and oxygen atoms in total. The zero-order valence-electron chi connectivity index (χ0n) is 12.5. The molecule has 2 heterocycles. The van der Waals surface area contributed by atoms with E-state index in [0.29, 0.717) is 17.2 Å². The van der Waals surface area contributed by atoms with Crippen LogP contribution in [0.25, 0.3) is 0 Å². The summed E-state index contributed by atoms with van der Waals surface area (Å²) in [6, 6.07) is 9.03. The second kappa shape index (κ2) is 6.32. The van der Waals surface area contributed by atoms with E-state index >= 15 is 0 Å². The molecule has 3 rings (SSSR count). The number of nitrogens with zero attached hydrogens (tertiary/aromatic N) is 3. The SMILES string of the molecule is N#Cc1ccccc1N/C=C1\C(=N)N=C(N2CCCC2)NC1=O. The number of para-hydroxylation sites is 1. The van der Waals surface area contributed by atoms with Crippen LogP contribution in [0.1, 0.15) is 18.4 Å². The minimum absolute atomic E-state index is 0.0856. The zero-order valence-corrected chi connectivity index (χ0v) is 12.5. The molecule has 1 fully saturated rings. The molecule has 0 radical (unpaired) electrons. The smallest absolute Gasteiger partial charge is 0.263 e. The van der Waals surface area contributed by atoms with Gasteiger partial charge in [0.2, 0.25) is 5.96 Å². The van der Waals surface area contributed by atoms with Gasteiger partial charge in [-0.05, 0) is 25.0 Å². The second-order valence-electron chi connectivity index (χ2n) is 5.29. The fraction of sp³-hybridized carbons (Fsp3) is 0.250. The van der Waals surface area contributed by atoms with E-state index in [1.54, 1.807) is 24.3 Å². The van der Waals surface area contributed by atoms with E-state index in [1.807, 2.05) is 4.90 Å². The third-order valence-electron chi connectivity index (χ3n) is 3.77. The van der Waals surface area contributed by atoms with Gasteiger partial charge in [0.1, 0.15) is 6.07 Å². The van der Waals surface area contributed by atoms with Gasteiger partial charge in [0, 0.05) is 19.3 Å². The maximum atomic E-state index is 12.2. The Bertz CT molecular complexity index is 752. The molecule has 2 aliphatic heterocycles. The van der Waals surface area contributed by atoms with Gasteiger partial charge in [-0.15, -0.1) is 0 Å².